The average Bonchev–Trinajstić information content (AvgIpc) is 3.58. The van der Waals surface area contributed by atoms with E-state index in [2.05, 4.69) is 115 Å². The molecule has 186 valence electrons. The van der Waals surface area contributed by atoms with Crippen LogP contribution in [-0.4, -0.2) is 0 Å². The Morgan fingerprint density at radius 3 is 1.93 bits per heavy atom. The van der Waals surface area contributed by atoms with Gasteiger partial charge in [-0.3, -0.25) is 0 Å². The van der Waals surface area contributed by atoms with Crippen molar-refractivity contribution in [2.45, 2.75) is 0 Å². The molecular weight excluding hydrogens is 523 g/mol. The Morgan fingerprint density at radius 2 is 1.05 bits per heavy atom. The highest BCUT2D eigenvalue weighted by Gasteiger charge is 2.17. The summed E-state index contributed by atoms with van der Waals surface area (Å²) >= 11 is 3.67. The number of nitriles is 1. The molecule has 0 radical (unpaired) electrons. The van der Waals surface area contributed by atoms with Crippen LogP contribution in [-0.2, 0) is 0 Å². The van der Waals surface area contributed by atoms with Gasteiger partial charge in [-0.1, -0.05) is 91.0 Å². The van der Waals surface area contributed by atoms with Gasteiger partial charge in [0.15, 0.2) is 0 Å². The van der Waals surface area contributed by atoms with Gasteiger partial charge in [0.05, 0.1) is 11.6 Å². The molecule has 2 heterocycles. The fourth-order valence-corrected chi connectivity index (χ4v) is 8.18. The lowest BCUT2D eigenvalue weighted by molar-refractivity contribution is 1.48. The molecule has 6 aromatic carbocycles. The van der Waals surface area contributed by atoms with E-state index in [0.717, 1.165) is 22.3 Å². The van der Waals surface area contributed by atoms with Gasteiger partial charge in [-0.2, -0.15) is 5.26 Å². The maximum Gasteiger partial charge on any atom is 0.0998 e. The molecule has 0 unspecified atom stereocenters. The summed E-state index contributed by atoms with van der Waals surface area (Å²) < 4.78 is 5.16. The van der Waals surface area contributed by atoms with Gasteiger partial charge in [-0.25, -0.2) is 0 Å². The first-order chi connectivity index (χ1) is 19.8. The molecule has 0 amide bonds. The Morgan fingerprint density at radius 1 is 0.425 bits per heavy atom. The molecule has 0 bridgehead atoms. The minimum Gasteiger partial charge on any atom is -0.192 e. The third-order valence-corrected chi connectivity index (χ3v) is 10.0. The second kappa shape index (κ2) is 9.17. The quantitative estimate of drug-likeness (QED) is 0.217. The van der Waals surface area contributed by atoms with Gasteiger partial charge in [-0.15, -0.1) is 22.7 Å². The number of benzene rings is 6. The highest BCUT2D eigenvalue weighted by atomic mass is 32.1. The lowest BCUT2D eigenvalue weighted by Crippen LogP contribution is -1.91. The van der Waals surface area contributed by atoms with E-state index in [0.29, 0.717) is 5.56 Å². The molecule has 0 saturated carbocycles. The lowest BCUT2D eigenvalue weighted by atomic mass is 9.87. The van der Waals surface area contributed by atoms with Crippen LogP contribution < -0.4 is 0 Å². The fourth-order valence-electron chi connectivity index (χ4n) is 5.90. The third kappa shape index (κ3) is 3.58. The maximum atomic E-state index is 10.0. The third-order valence-electron chi connectivity index (χ3n) is 7.76. The van der Waals surface area contributed by atoms with Crippen LogP contribution in [0.3, 0.4) is 0 Å². The minimum atomic E-state index is 0.684. The van der Waals surface area contributed by atoms with E-state index in [4.69, 9.17) is 0 Å². The van der Waals surface area contributed by atoms with Crippen LogP contribution in [0.25, 0.3) is 73.7 Å². The van der Waals surface area contributed by atoms with E-state index in [1.807, 2.05) is 40.9 Å². The van der Waals surface area contributed by atoms with E-state index in [-0.39, 0.29) is 0 Å². The number of fused-ring (bicyclic) bond motifs is 6. The summed E-state index contributed by atoms with van der Waals surface area (Å²) in [5.74, 6) is 0. The van der Waals surface area contributed by atoms with Gasteiger partial charge in [0.1, 0.15) is 0 Å². The number of hydrogen-bond donors (Lipinski definition) is 0. The molecule has 8 rings (SSSR count). The summed E-state index contributed by atoms with van der Waals surface area (Å²) in [6.45, 7) is 0. The fraction of sp³-hybridized carbons (Fsp3) is 0. The van der Waals surface area contributed by atoms with E-state index in [9.17, 15) is 5.26 Å². The van der Waals surface area contributed by atoms with Gasteiger partial charge in [0, 0.05) is 45.9 Å². The molecule has 0 atom stereocenters. The molecule has 0 aliphatic carbocycles. The van der Waals surface area contributed by atoms with Crippen molar-refractivity contribution in [3.63, 3.8) is 0 Å². The van der Waals surface area contributed by atoms with E-state index < -0.39 is 0 Å². The molecule has 2 aromatic heterocycles. The van der Waals surface area contributed by atoms with Crippen molar-refractivity contribution in [3.05, 3.63) is 133 Å². The van der Waals surface area contributed by atoms with E-state index >= 15 is 0 Å². The van der Waals surface area contributed by atoms with Crippen molar-refractivity contribution < 1.29 is 0 Å². The predicted molar refractivity (Wildman–Crippen MR) is 173 cm³/mol. The monoisotopic (exact) mass is 543 g/mol. The molecule has 1 nitrogen and oxygen atoms in total. The van der Waals surface area contributed by atoms with Gasteiger partial charge in [0.25, 0.3) is 0 Å². The van der Waals surface area contributed by atoms with Crippen molar-refractivity contribution in [3.8, 4) is 39.4 Å². The first-order valence-corrected chi connectivity index (χ1v) is 14.9. The molecule has 8 aromatic rings. The molecule has 0 saturated heterocycles. The van der Waals surface area contributed by atoms with Crippen LogP contribution in [0.4, 0.5) is 0 Å². The SMILES string of the molecule is N#Cc1ccccc1-c1cc(-c2ccc3c(c2)sc2ccccc23)ccc1-c1cccc2sc3ccccc3c12. The first-order valence-electron chi connectivity index (χ1n) is 13.2. The van der Waals surface area contributed by atoms with Crippen LogP contribution in [0, 0.1) is 11.3 Å². The zero-order chi connectivity index (χ0) is 26.6. The van der Waals surface area contributed by atoms with Gasteiger partial charge in [0.2, 0.25) is 0 Å². The van der Waals surface area contributed by atoms with Crippen molar-refractivity contribution >= 4 is 63.0 Å². The van der Waals surface area contributed by atoms with Gasteiger partial charge >= 0.3 is 0 Å². The second-order valence-corrected chi connectivity index (χ2v) is 12.2. The summed E-state index contributed by atoms with van der Waals surface area (Å²) in [5, 5.41) is 15.2. The van der Waals surface area contributed by atoms with Gasteiger partial charge < -0.3 is 0 Å². The summed E-state index contributed by atoms with van der Waals surface area (Å²) in [4.78, 5) is 0. The Balaban J connectivity index is 1.39. The van der Waals surface area contributed by atoms with Crippen molar-refractivity contribution in [1.82, 2.24) is 0 Å². The Kier molecular flexibility index (Phi) is 5.31. The first kappa shape index (κ1) is 23.2. The van der Waals surface area contributed by atoms with Gasteiger partial charge in [-0.05, 0) is 64.2 Å². The molecule has 40 heavy (non-hydrogen) atoms. The Hall–Kier alpha value is -4.75. The summed E-state index contributed by atoms with van der Waals surface area (Å²) in [7, 11) is 0. The average molecular weight is 544 g/mol. The summed E-state index contributed by atoms with van der Waals surface area (Å²) in [6, 6.07) is 47.7. The zero-order valence-electron chi connectivity index (χ0n) is 21.4. The maximum absolute atomic E-state index is 10.0. The van der Waals surface area contributed by atoms with E-state index in [1.165, 1.54) is 51.5 Å². The van der Waals surface area contributed by atoms with Crippen molar-refractivity contribution in [1.29, 1.82) is 5.26 Å². The van der Waals surface area contributed by atoms with Crippen LogP contribution in [0.1, 0.15) is 5.56 Å². The molecule has 0 N–H and O–H groups in total. The molecule has 0 fully saturated rings. The molecule has 0 aliphatic heterocycles. The summed E-state index contributed by atoms with van der Waals surface area (Å²) in [6.07, 6.45) is 0. The standard InChI is InChI=1S/C37H21NS2/c38-22-25-8-1-2-9-26(25)32-20-23(24-17-19-29-28-10-3-5-13-33(28)40-36(29)21-24)16-18-27(32)30-12-7-15-35-37(30)31-11-4-6-14-34(31)39-35/h1-21H. The molecular formula is C37H21NS2. The van der Waals surface area contributed by atoms with Crippen LogP contribution >= 0.6 is 22.7 Å². The highest BCUT2D eigenvalue weighted by Crippen LogP contribution is 2.45. The highest BCUT2D eigenvalue weighted by molar-refractivity contribution is 7.26. The largest absolute Gasteiger partial charge is 0.192 e. The second-order valence-electron chi connectivity index (χ2n) is 10.0. The van der Waals surface area contributed by atoms with Crippen molar-refractivity contribution in [2.75, 3.05) is 0 Å². The van der Waals surface area contributed by atoms with Crippen LogP contribution in [0.5, 0.6) is 0 Å². The minimum absolute atomic E-state index is 0.684. The van der Waals surface area contributed by atoms with Crippen LogP contribution in [0.15, 0.2) is 127 Å². The number of rotatable bonds is 3. The Labute approximate surface area is 239 Å². The summed E-state index contributed by atoms with van der Waals surface area (Å²) in [5.41, 5.74) is 7.39. The topological polar surface area (TPSA) is 23.8 Å². The van der Waals surface area contributed by atoms with Crippen LogP contribution in [0.2, 0.25) is 0 Å². The Bertz CT molecular complexity index is 2290. The van der Waals surface area contributed by atoms with E-state index in [1.54, 1.807) is 0 Å². The number of nitrogens with zero attached hydrogens (tertiary/aromatic N) is 1. The predicted octanol–water partition coefficient (Wildman–Crippen LogP) is 11.3. The number of thiophene rings is 2. The van der Waals surface area contributed by atoms with Crippen molar-refractivity contribution in [2.24, 2.45) is 0 Å². The zero-order valence-corrected chi connectivity index (χ0v) is 23.0. The number of hydrogen-bond acceptors (Lipinski definition) is 3. The smallest absolute Gasteiger partial charge is 0.0998 e. The molecule has 0 spiro atoms. The molecule has 3 heteroatoms. The normalized spacial score (nSPS) is 11.5. The molecule has 0 aliphatic rings. The lowest BCUT2D eigenvalue weighted by Gasteiger charge is -2.15.